The van der Waals surface area contributed by atoms with E-state index in [0.29, 0.717) is 11.4 Å². The monoisotopic (exact) mass is 331 g/mol. The lowest BCUT2D eigenvalue weighted by atomic mass is 10.2. The molecule has 0 saturated heterocycles. The van der Waals surface area contributed by atoms with Crippen molar-refractivity contribution in [1.29, 1.82) is 5.26 Å². The Labute approximate surface area is 126 Å². The highest BCUT2D eigenvalue weighted by Gasteiger charge is 2.10. The number of rotatable bonds is 3. The standard InChI is InChI=1S/C14H14BrN5/c1-8-13(17-3)18-9(2)19-14(8)20-12-5-4-10(7-16)6-11(12)15/h4-6H,1-3H3,(H2,17,18,19,20). The molecule has 102 valence electrons. The molecule has 2 rings (SSSR count). The molecule has 5 nitrogen and oxygen atoms in total. The molecular formula is C14H14BrN5. The average Bonchev–Trinajstić information content (AvgIpc) is 2.44. The minimum atomic E-state index is 0.605. The maximum atomic E-state index is 8.87. The van der Waals surface area contributed by atoms with Gasteiger partial charge in [-0.1, -0.05) is 0 Å². The topological polar surface area (TPSA) is 73.6 Å². The first-order chi connectivity index (χ1) is 9.55. The molecule has 1 heterocycles. The van der Waals surface area contributed by atoms with Crippen LogP contribution >= 0.6 is 15.9 Å². The number of benzene rings is 1. The largest absolute Gasteiger partial charge is 0.373 e. The number of nitrogens with zero attached hydrogens (tertiary/aromatic N) is 3. The lowest BCUT2D eigenvalue weighted by Crippen LogP contribution is -2.05. The molecule has 0 aliphatic carbocycles. The third-order valence-electron chi connectivity index (χ3n) is 2.85. The van der Waals surface area contributed by atoms with E-state index in [0.717, 1.165) is 27.4 Å². The van der Waals surface area contributed by atoms with Gasteiger partial charge < -0.3 is 10.6 Å². The van der Waals surface area contributed by atoms with Gasteiger partial charge in [0.05, 0.1) is 17.3 Å². The summed E-state index contributed by atoms with van der Waals surface area (Å²) in [7, 11) is 1.83. The van der Waals surface area contributed by atoms with Crippen molar-refractivity contribution in [2.45, 2.75) is 13.8 Å². The molecule has 0 aliphatic heterocycles. The van der Waals surface area contributed by atoms with Crippen LogP contribution in [-0.4, -0.2) is 17.0 Å². The second kappa shape index (κ2) is 5.88. The van der Waals surface area contributed by atoms with Crippen LogP contribution in [0.1, 0.15) is 17.0 Å². The number of hydrogen-bond acceptors (Lipinski definition) is 5. The molecule has 0 atom stereocenters. The van der Waals surface area contributed by atoms with Crippen LogP contribution in [0.4, 0.5) is 17.3 Å². The zero-order valence-electron chi connectivity index (χ0n) is 11.5. The first-order valence-electron chi connectivity index (χ1n) is 6.05. The van der Waals surface area contributed by atoms with Crippen LogP contribution in [0.3, 0.4) is 0 Å². The third kappa shape index (κ3) is 2.89. The van der Waals surface area contributed by atoms with E-state index in [4.69, 9.17) is 5.26 Å². The molecule has 0 saturated carbocycles. The van der Waals surface area contributed by atoms with Crippen LogP contribution in [-0.2, 0) is 0 Å². The molecule has 1 aromatic heterocycles. The average molecular weight is 332 g/mol. The molecule has 1 aromatic carbocycles. The van der Waals surface area contributed by atoms with Gasteiger partial charge in [0.2, 0.25) is 0 Å². The summed E-state index contributed by atoms with van der Waals surface area (Å²) in [5, 5.41) is 15.2. The number of anilines is 3. The van der Waals surface area contributed by atoms with Crippen molar-refractivity contribution in [3.8, 4) is 6.07 Å². The Morgan fingerprint density at radius 2 is 1.90 bits per heavy atom. The van der Waals surface area contributed by atoms with Crippen molar-refractivity contribution < 1.29 is 0 Å². The number of aromatic nitrogens is 2. The van der Waals surface area contributed by atoms with Crippen LogP contribution in [0, 0.1) is 25.2 Å². The molecule has 6 heteroatoms. The Balaban J connectivity index is 2.40. The highest BCUT2D eigenvalue weighted by molar-refractivity contribution is 9.10. The number of nitrogens with one attached hydrogen (secondary N) is 2. The summed E-state index contributed by atoms with van der Waals surface area (Å²) in [4.78, 5) is 8.74. The smallest absolute Gasteiger partial charge is 0.139 e. The van der Waals surface area contributed by atoms with E-state index in [1.165, 1.54) is 0 Å². The fraction of sp³-hybridized carbons (Fsp3) is 0.214. The van der Waals surface area contributed by atoms with Crippen LogP contribution in [0.5, 0.6) is 0 Å². The Morgan fingerprint density at radius 3 is 2.50 bits per heavy atom. The van der Waals surface area contributed by atoms with E-state index in [1.807, 2.05) is 27.0 Å². The predicted octanol–water partition coefficient (Wildman–Crippen LogP) is 3.51. The van der Waals surface area contributed by atoms with E-state index in [1.54, 1.807) is 12.1 Å². The van der Waals surface area contributed by atoms with Crippen molar-refractivity contribution in [3.63, 3.8) is 0 Å². The van der Waals surface area contributed by atoms with E-state index < -0.39 is 0 Å². The van der Waals surface area contributed by atoms with Crippen LogP contribution in [0.25, 0.3) is 0 Å². The van der Waals surface area contributed by atoms with Gasteiger partial charge in [0.15, 0.2) is 0 Å². The number of hydrogen-bond donors (Lipinski definition) is 2. The predicted molar refractivity (Wildman–Crippen MR) is 83.2 cm³/mol. The molecule has 0 unspecified atom stereocenters. The van der Waals surface area contributed by atoms with Gasteiger partial charge in [-0.2, -0.15) is 5.26 Å². The molecule has 2 aromatic rings. The highest BCUT2D eigenvalue weighted by atomic mass is 79.9. The Morgan fingerprint density at radius 1 is 1.20 bits per heavy atom. The zero-order valence-corrected chi connectivity index (χ0v) is 13.0. The minimum Gasteiger partial charge on any atom is -0.373 e. The van der Waals surface area contributed by atoms with E-state index in [9.17, 15) is 0 Å². The summed E-state index contributed by atoms with van der Waals surface area (Å²) in [6.45, 7) is 3.80. The lowest BCUT2D eigenvalue weighted by molar-refractivity contribution is 1.03. The molecule has 2 N–H and O–H groups in total. The van der Waals surface area contributed by atoms with E-state index in [-0.39, 0.29) is 0 Å². The van der Waals surface area contributed by atoms with Gasteiger partial charge in [0, 0.05) is 17.1 Å². The molecule has 0 radical (unpaired) electrons. The second-order valence-corrected chi connectivity index (χ2v) is 5.13. The van der Waals surface area contributed by atoms with Crippen molar-refractivity contribution in [2.75, 3.05) is 17.7 Å². The van der Waals surface area contributed by atoms with Crippen molar-refractivity contribution in [1.82, 2.24) is 9.97 Å². The number of halogens is 1. The van der Waals surface area contributed by atoms with E-state index >= 15 is 0 Å². The lowest BCUT2D eigenvalue weighted by Gasteiger charge is -2.13. The number of aryl methyl sites for hydroxylation is 1. The van der Waals surface area contributed by atoms with Gasteiger partial charge in [0.25, 0.3) is 0 Å². The van der Waals surface area contributed by atoms with Crippen LogP contribution in [0.2, 0.25) is 0 Å². The molecule has 0 aliphatic rings. The zero-order chi connectivity index (χ0) is 14.7. The molecule has 0 bridgehead atoms. The van der Waals surface area contributed by atoms with Crippen LogP contribution in [0.15, 0.2) is 22.7 Å². The normalized spacial score (nSPS) is 9.95. The Hall–Kier alpha value is -2.13. The fourth-order valence-electron chi connectivity index (χ4n) is 1.81. The Kier molecular flexibility index (Phi) is 4.20. The van der Waals surface area contributed by atoms with Crippen molar-refractivity contribution in [2.24, 2.45) is 0 Å². The SMILES string of the molecule is CNc1nc(C)nc(Nc2ccc(C#N)cc2Br)c1C. The third-order valence-corrected chi connectivity index (χ3v) is 3.50. The molecule has 0 amide bonds. The van der Waals surface area contributed by atoms with Gasteiger partial charge in [-0.3, -0.25) is 0 Å². The first kappa shape index (κ1) is 14.3. The molecule has 20 heavy (non-hydrogen) atoms. The summed E-state index contributed by atoms with van der Waals surface area (Å²) in [5.74, 6) is 2.23. The number of nitriles is 1. The minimum absolute atomic E-state index is 0.605. The summed E-state index contributed by atoms with van der Waals surface area (Å²) in [6.07, 6.45) is 0. The van der Waals surface area contributed by atoms with Crippen molar-refractivity contribution >= 4 is 33.3 Å². The van der Waals surface area contributed by atoms with Gasteiger partial charge in [-0.15, -0.1) is 0 Å². The summed E-state index contributed by atoms with van der Waals surface area (Å²) < 4.78 is 0.818. The highest BCUT2D eigenvalue weighted by Crippen LogP contribution is 2.29. The van der Waals surface area contributed by atoms with Crippen LogP contribution < -0.4 is 10.6 Å². The van der Waals surface area contributed by atoms with Gasteiger partial charge in [-0.05, 0) is 48.0 Å². The second-order valence-electron chi connectivity index (χ2n) is 4.27. The summed E-state index contributed by atoms with van der Waals surface area (Å²) in [6, 6.07) is 7.48. The molecule has 0 spiro atoms. The van der Waals surface area contributed by atoms with Gasteiger partial charge in [0.1, 0.15) is 17.5 Å². The molecule has 0 fully saturated rings. The van der Waals surface area contributed by atoms with E-state index in [2.05, 4.69) is 42.6 Å². The van der Waals surface area contributed by atoms with Gasteiger partial charge in [-0.25, -0.2) is 9.97 Å². The summed E-state index contributed by atoms with van der Waals surface area (Å²) >= 11 is 3.45. The maximum absolute atomic E-state index is 8.87. The van der Waals surface area contributed by atoms with Crippen molar-refractivity contribution in [3.05, 3.63) is 39.6 Å². The fourth-order valence-corrected chi connectivity index (χ4v) is 2.29. The quantitative estimate of drug-likeness (QED) is 0.900. The maximum Gasteiger partial charge on any atom is 0.139 e. The Bertz CT molecular complexity index is 691. The molecular weight excluding hydrogens is 318 g/mol. The van der Waals surface area contributed by atoms with Gasteiger partial charge >= 0.3 is 0 Å². The first-order valence-corrected chi connectivity index (χ1v) is 6.84. The summed E-state index contributed by atoms with van der Waals surface area (Å²) in [5.41, 5.74) is 2.40.